The molecule has 0 radical (unpaired) electrons. The van der Waals surface area contributed by atoms with E-state index in [0.29, 0.717) is 12.2 Å². The van der Waals surface area contributed by atoms with Crippen molar-refractivity contribution in [1.29, 1.82) is 0 Å². The first-order chi connectivity index (χ1) is 13.4. The van der Waals surface area contributed by atoms with Crippen molar-refractivity contribution >= 4 is 17.9 Å². The third kappa shape index (κ3) is 3.53. The number of carboxylic acids is 1. The van der Waals surface area contributed by atoms with Crippen LogP contribution in [0.1, 0.15) is 17.5 Å². The van der Waals surface area contributed by atoms with Gasteiger partial charge in [0.15, 0.2) is 5.54 Å². The number of hydrogen-bond acceptors (Lipinski definition) is 4. The van der Waals surface area contributed by atoms with Gasteiger partial charge in [0.2, 0.25) is 0 Å². The second-order valence-electron chi connectivity index (χ2n) is 6.45. The predicted molar refractivity (Wildman–Crippen MR) is 97.3 cm³/mol. The number of halogens is 1. The van der Waals surface area contributed by atoms with Gasteiger partial charge in [-0.15, -0.1) is 0 Å². The Morgan fingerprint density at radius 2 is 1.79 bits per heavy atom. The maximum absolute atomic E-state index is 13.4. The molecule has 1 heterocycles. The van der Waals surface area contributed by atoms with E-state index < -0.39 is 35.7 Å². The zero-order valence-electron chi connectivity index (χ0n) is 15.1. The Balaban J connectivity index is 1.94. The Morgan fingerprint density at radius 3 is 2.36 bits per heavy atom. The molecule has 1 aliphatic rings. The van der Waals surface area contributed by atoms with Crippen LogP contribution in [-0.2, 0) is 21.5 Å². The number of rotatable bonds is 7. The lowest BCUT2D eigenvalue weighted by molar-refractivity contribution is -0.144. The fourth-order valence-electron chi connectivity index (χ4n) is 3.40. The number of aliphatic carboxylic acids is 1. The van der Waals surface area contributed by atoms with Crippen molar-refractivity contribution in [2.24, 2.45) is 0 Å². The van der Waals surface area contributed by atoms with Crippen LogP contribution in [0.25, 0.3) is 0 Å². The molecule has 0 aliphatic carbocycles. The minimum absolute atomic E-state index is 0.106. The quantitative estimate of drug-likeness (QED) is 0.712. The van der Waals surface area contributed by atoms with Crippen LogP contribution in [0.3, 0.4) is 0 Å². The van der Waals surface area contributed by atoms with E-state index in [1.54, 1.807) is 19.2 Å². The molecule has 0 saturated carbocycles. The van der Waals surface area contributed by atoms with E-state index in [9.17, 15) is 23.9 Å². The van der Waals surface area contributed by atoms with Gasteiger partial charge >= 0.3 is 12.0 Å². The molecule has 1 unspecified atom stereocenters. The molecule has 1 atom stereocenters. The smallest absolute Gasteiger partial charge is 0.325 e. The maximum atomic E-state index is 13.4. The van der Waals surface area contributed by atoms with Crippen LogP contribution in [0.4, 0.5) is 9.18 Å². The minimum atomic E-state index is -1.73. The second-order valence-corrected chi connectivity index (χ2v) is 6.45. The van der Waals surface area contributed by atoms with E-state index in [0.717, 1.165) is 17.7 Å². The summed E-state index contributed by atoms with van der Waals surface area (Å²) in [6.07, 6.45) is -0.230. The number of ether oxygens (including phenoxy) is 1. The van der Waals surface area contributed by atoms with Gasteiger partial charge in [-0.3, -0.25) is 14.9 Å². The summed E-state index contributed by atoms with van der Waals surface area (Å²) in [5, 5.41) is 11.6. The number of carbonyl (C=O) groups is 3. The molecule has 2 aromatic rings. The lowest BCUT2D eigenvalue weighted by atomic mass is 9.84. The molecule has 3 amide bonds. The second kappa shape index (κ2) is 7.67. The van der Waals surface area contributed by atoms with Gasteiger partial charge in [-0.05, 0) is 41.8 Å². The number of hydrogen-bond donors (Lipinski definition) is 2. The molecule has 2 N–H and O–H groups in total. The highest BCUT2D eigenvalue weighted by Crippen LogP contribution is 2.37. The Hall–Kier alpha value is -3.42. The minimum Gasteiger partial charge on any atom is -0.497 e. The number of nitrogens with zero attached hydrogens (tertiary/aromatic N) is 1. The van der Waals surface area contributed by atoms with Gasteiger partial charge in [0.05, 0.1) is 13.5 Å². The molecule has 0 spiro atoms. The van der Waals surface area contributed by atoms with Crippen LogP contribution >= 0.6 is 0 Å². The lowest BCUT2D eigenvalue weighted by Crippen LogP contribution is -2.49. The summed E-state index contributed by atoms with van der Waals surface area (Å²) < 4.78 is 18.5. The molecule has 7 nitrogen and oxygen atoms in total. The van der Waals surface area contributed by atoms with Crippen LogP contribution in [-0.4, -0.2) is 41.6 Å². The molecular weight excluding hydrogens is 367 g/mol. The van der Waals surface area contributed by atoms with Gasteiger partial charge in [-0.2, -0.15) is 0 Å². The van der Waals surface area contributed by atoms with Crippen molar-refractivity contribution < 1.29 is 28.6 Å². The molecule has 28 heavy (non-hydrogen) atoms. The molecular formula is C20H19FN2O5. The number of amides is 3. The van der Waals surface area contributed by atoms with Gasteiger partial charge in [-0.25, -0.2) is 9.18 Å². The lowest BCUT2D eigenvalue weighted by Gasteiger charge is -2.34. The fraction of sp³-hybridized carbons (Fsp3) is 0.250. The normalized spacial score (nSPS) is 18.9. The molecule has 3 rings (SSSR count). The van der Waals surface area contributed by atoms with E-state index in [2.05, 4.69) is 5.32 Å². The van der Waals surface area contributed by atoms with Crippen LogP contribution in [0.5, 0.6) is 5.75 Å². The summed E-state index contributed by atoms with van der Waals surface area (Å²) in [5.41, 5.74) is -0.603. The Kier molecular flexibility index (Phi) is 5.30. The molecule has 1 aliphatic heterocycles. The largest absolute Gasteiger partial charge is 0.497 e. The zero-order valence-corrected chi connectivity index (χ0v) is 15.1. The van der Waals surface area contributed by atoms with E-state index in [-0.39, 0.29) is 12.1 Å². The highest BCUT2D eigenvalue weighted by atomic mass is 19.1. The highest BCUT2D eigenvalue weighted by Gasteiger charge is 2.55. The van der Waals surface area contributed by atoms with Crippen molar-refractivity contribution in [3.8, 4) is 5.75 Å². The predicted octanol–water partition coefficient (Wildman–Crippen LogP) is 2.30. The fourth-order valence-corrected chi connectivity index (χ4v) is 3.40. The molecule has 2 aromatic carbocycles. The molecule has 0 aromatic heterocycles. The first kappa shape index (κ1) is 19.3. The van der Waals surface area contributed by atoms with E-state index >= 15 is 0 Å². The van der Waals surface area contributed by atoms with Gasteiger partial charge in [0.1, 0.15) is 11.6 Å². The van der Waals surface area contributed by atoms with E-state index in [1.807, 2.05) is 12.1 Å². The topological polar surface area (TPSA) is 95.9 Å². The van der Waals surface area contributed by atoms with Crippen LogP contribution in [0.2, 0.25) is 0 Å². The van der Waals surface area contributed by atoms with E-state index in [4.69, 9.17) is 4.74 Å². The summed E-state index contributed by atoms with van der Waals surface area (Å²) in [6, 6.07) is 11.5. The Morgan fingerprint density at radius 1 is 1.14 bits per heavy atom. The number of methoxy groups -OCH3 is 1. The van der Waals surface area contributed by atoms with Crippen molar-refractivity contribution in [2.45, 2.75) is 18.4 Å². The maximum Gasteiger partial charge on any atom is 0.325 e. The van der Waals surface area contributed by atoms with Gasteiger partial charge in [0, 0.05) is 6.54 Å². The van der Waals surface area contributed by atoms with Crippen molar-refractivity contribution in [3.05, 3.63) is 65.5 Å². The molecule has 8 heteroatoms. The molecule has 1 saturated heterocycles. The number of benzene rings is 2. The Bertz CT molecular complexity index is 898. The third-order valence-corrected chi connectivity index (χ3v) is 4.81. The average molecular weight is 386 g/mol. The number of imide groups is 1. The first-order valence-corrected chi connectivity index (χ1v) is 8.60. The van der Waals surface area contributed by atoms with Crippen molar-refractivity contribution in [3.63, 3.8) is 0 Å². The van der Waals surface area contributed by atoms with E-state index in [1.165, 1.54) is 17.0 Å². The SMILES string of the molecule is COc1ccc(CCN2C(=O)NC(=O)C2(CC(=O)O)c2ccc(F)cc2)cc1. The van der Waals surface area contributed by atoms with Gasteiger partial charge in [0.25, 0.3) is 5.91 Å². The van der Waals surface area contributed by atoms with Crippen molar-refractivity contribution in [2.75, 3.05) is 13.7 Å². The first-order valence-electron chi connectivity index (χ1n) is 8.60. The Labute approximate surface area is 160 Å². The monoisotopic (exact) mass is 386 g/mol. The van der Waals surface area contributed by atoms with Crippen LogP contribution < -0.4 is 10.1 Å². The molecule has 146 valence electrons. The average Bonchev–Trinajstić information content (AvgIpc) is 2.90. The standard InChI is InChI=1S/C20H19FN2O5/c1-28-16-8-2-13(3-9-16)10-11-23-19(27)22-18(26)20(23,12-17(24)25)14-4-6-15(21)7-5-14/h2-9H,10-12H2,1H3,(H,24,25)(H,22,26,27). The summed E-state index contributed by atoms with van der Waals surface area (Å²) >= 11 is 0. The summed E-state index contributed by atoms with van der Waals surface area (Å²) in [7, 11) is 1.55. The summed E-state index contributed by atoms with van der Waals surface area (Å²) in [6.45, 7) is 0.106. The van der Waals surface area contributed by atoms with Gasteiger partial charge < -0.3 is 14.7 Å². The summed E-state index contributed by atoms with van der Waals surface area (Å²) in [5.74, 6) is -1.82. The van der Waals surface area contributed by atoms with Crippen LogP contribution in [0, 0.1) is 5.82 Å². The number of nitrogens with one attached hydrogen (secondary N) is 1. The number of urea groups is 1. The molecule has 1 fully saturated rings. The number of carbonyl (C=O) groups excluding carboxylic acids is 2. The van der Waals surface area contributed by atoms with Gasteiger partial charge in [-0.1, -0.05) is 24.3 Å². The third-order valence-electron chi connectivity index (χ3n) is 4.81. The highest BCUT2D eigenvalue weighted by molar-refractivity contribution is 6.08. The molecule has 0 bridgehead atoms. The van der Waals surface area contributed by atoms with Crippen LogP contribution in [0.15, 0.2) is 48.5 Å². The number of carboxylic acid groups (broad SMARTS) is 1. The summed E-state index contributed by atoms with van der Waals surface area (Å²) in [4.78, 5) is 37.9. The van der Waals surface area contributed by atoms with Crippen molar-refractivity contribution in [1.82, 2.24) is 10.2 Å². The zero-order chi connectivity index (χ0) is 20.3.